The van der Waals surface area contributed by atoms with Crippen molar-refractivity contribution in [2.75, 3.05) is 0 Å². The Bertz CT molecular complexity index is 346. The average molecular weight is 183 g/mol. The molecule has 0 heterocycles. The Morgan fingerprint density at radius 1 is 1.46 bits per heavy atom. The van der Waals surface area contributed by atoms with Gasteiger partial charge in [0.2, 0.25) is 0 Å². The van der Waals surface area contributed by atoms with Crippen molar-refractivity contribution in [3.8, 4) is 6.07 Å². The number of nitriles is 1. The molecule has 4 heteroatoms. The zero-order valence-electron chi connectivity index (χ0n) is 6.67. The quantitative estimate of drug-likeness (QED) is 0.761. The normalized spacial score (nSPS) is 12.2. The van der Waals surface area contributed by atoms with Gasteiger partial charge in [-0.1, -0.05) is 6.07 Å². The van der Waals surface area contributed by atoms with Gasteiger partial charge in [-0.15, -0.1) is 0 Å². The third-order valence-electron chi connectivity index (χ3n) is 1.61. The number of rotatable bonds is 2. The Morgan fingerprint density at radius 3 is 2.69 bits per heavy atom. The SMILES string of the molecule is N#CCC(O)c1ccc(F)cc1F. The van der Waals surface area contributed by atoms with E-state index >= 15 is 0 Å². The Balaban J connectivity index is 2.96. The molecule has 0 saturated carbocycles. The van der Waals surface area contributed by atoms with E-state index < -0.39 is 17.7 Å². The standard InChI is InChI=1S/C9H7F2NO/c10-6-1-2-7(8(11)5-6)9(13)3-4-12/h1-2,5,9,13H,3H2. The second-order valence-electron chi connectivity index (χ2n) is 2.54. The predicted octanol–water partition coefficient (Wildman–Crippen LogP) is 1.91. The van der Waals surface area contributed by atoms with E-state index in [9.17, 15) is 13.9 Å². The third kappa shape index (κ3) is 2.23. The molecule has 1 unspecified atom stereocenters. The number of nitrogens with zero attached hydrogens (tertiary/aromatic N) is 1. The molecular formula is C9H7F2NO. The maximum Gasteiger partial charge on any atom is 0.131 e. The third-order valence-corrected chi connectivity index (χ3v) is 1.61. The van der Waals surface area contributed by atoms with Crippen molar-refractivity contribution in [2.24, 2.45) is 0 Å². The number of aliphatic hydroxyl groups is 1. The van der Waals surface area contributed by atoms with Crippen LogP contribution in [0.15, 0.2) is 18.2 Å². The Hall–Kier alpha value is -1.47. The minimum atomic E-state index is -1.19. The summed E-state index contributed by atoms with van der Waals surface area (Å²) < 4.78 is 25.3. The largest absolute Gasteiger partial charge is 0.387 e. The lowest BCUT2D eigenvalue weighted by atomic mass is 10.1. The summed E-state index contributed by atoms with van der Waals surface area (Å²) in [4.78, 5) is 0. The molecule has 0 radical (unpaired) electrons. The van der Waals surface area contributed by atoms with E-state index in [2.05, 4.69) is 0 Å². The van der Waals surface area contributed by atoms with Crippen molar-refractivity contribution in [3.63, 3.8) is 0 Å². The number of halogens is 2. The van der Waals surface area contributed by atoms with E-state index in [1.54, 1.807) is 6.07 Å². The molecule has 1 aromatic rings. The van der Waals surface area contributed by atoms with Crippen molar-refractivity contribution in [1.82, 2.24) is 0 Å². The first kappa shape index (κ1) is 9.62. The van der Waals surface area contributed by atoms with E-state index in [1.165, 1.54) is 0 Å². The fourth-order valence-electron chi connectivity index (χ4n) is 0.968. The minimum Gasteiger partial charge on any atom is -0.387 e. The molecule has 0 spiro atoms. The minimum absolute atomic E-state index is 0.0528. The van der Waals surface area contributed by atoms with Gasteiger partial charge in [0.1, 0.15) is 11.6 Å². The van der Waals surface area contributed by atoms with E-state index in [1.807, 2.05) is 0 Å². The highest BCUT2D eigenvalue weighted by atomic mass is 19.1. The van der Waals surface area contributed by atoms with Gasteiger partial charge in [-0.2, -0.15) is 5.26 Å². The number of hydrogen-bond donors (Lipinski definition) is 1. The van der Waals surface area contributed by atoms with Crippen molar-refractivity contribution in [3.05, 3.63) is 35.4 Å². The zero-order chi connectivity index (χ0) is 9.84. The topological polar surface area (TPSA) is 44.0 Å². The van der Waals surface area contributed by atoms with Gasteiger partial charge in [0.25, 0.3) is 0 Å². The van der Waals surface area contributed by atoms with Crippen LogP contribution in [0.1, 0.15) is 18.1 Å². The lowest BCUT2D eigenvalue weighted by Gasteiger charge is -2.07. The molecule has 1 atom stereocenters. The molecule has 1 rings (SSSR count). The summed E-state index contributed by atoms with van der Waals surface area (Å²) in [5, 5.41) is 17.4. The second kappa shape index (κ2) is 3.97. The summed E-state index contributed by atoms with van der Waals surface area (Å²) in [5.41, 5.74) is -0.0528. The molecule has 0 aliphatic heterocycles. The molecule has 0 aliphatic carbocycles. The first-order valence-electron chi connectivity index (χ1n) is 3.65. The van der Waals surface area contributed by atoms with Crippen LogP contribution in [0.5, 0.6) is 0 Å². The molecule has 0 aromatic heterocycles. The smallest absolute Gasteiger partial charge is 0.131 e. The lowest BCUT2D eigenvalue weighted by Crippen LogP contribution is -1.99. The molecule has 0 bridgehead atoms. The van der Waals surface area contributed by atoms with Gasteiger partial charge in [0.05, 0.1) is 18.6 Å². The highest BCUT2D eigenvalue weighted by molar-refractivity contribution is 5.21. The van der Waals surface area contributed by atoms with Crippen LogP contribution < -0.4 is 0 Å². The molecule has 0 fully saturated rings. The summed E-state index contributed by atoms with van der Waals surface area (Å²) in [6, 6.07) is 4.55. The van der Waals surface area contributed by atoms with Gasteiger partial charge >= 0.3 is 0 Å². The monoisotopic (exact) mass is 183 g/mol. The van der Waals surface area contributed by atoms with Crippen LogP contribution >= 0.6 is 0 Å². The number of aliphatic hydroxyl groups excluding tert-OH is 1. The Morgan fingerprint density at radius 2 is 2.15 bits per heavy atom. The van der Waals surface area contributed by atoms with Gasteiger partial charge in [0, 0.05) is 11.6 Å². The molecule has 13 heavy (non-hydrogen) atoms. The second-order valence-corrected chi connectivity index (χ2v) is 2.54. The van der Waals surface area contributed by atoms with E-state index in [4.69, 9.17) is 5.26 Å². The molecule has 68 valence electrons. The van der Waals surface area contributed by atoms with Gasteiger partial charge in [0.15, 0.2) is 0 Å². The van der Waals surface area contributed by atoms with Crippen LogP contribution in [-0.2, 0) is 0 Å². The van der Waals surface area contributed by atoms with Gasteiger partial charge in [-0.05, 0) is 6.07 Å². The van der Waals surface area contributed by atoms with Crippen LogP contribution in [-0.4, -0.2) is 5.11 Å². The van der Waals surface area contributed by atoms with Gasteiger partial charge in [-0.3, -0.25) is 0 Å². The average Bonchev–Trinajstić information content (AvgIpc) is 2.04. The Labute approximate surface area is 74.0 Å². The Kier molecular flexibility index (Phi) is 2.93. The first-order chi connectivity index (χ1) is 6.15. The molecule has 0 amide bonds. The van der Waals surface area contributed by atoms with E-state index in [-0.39, 0.29) is 12.0 Å². The predicted molar refractivity (Wildman–Crippen MR) is 41.5 cm³/mol. The summed E-state index contributed by atoms with van der Waals surface area (Å²) in [5.74, 6) is -1.53. The fourth-order valence-corrected chi connectivity index (χ4v) is 0.968. The van der Waals surface area contributed by atoms with Crippen LogP contribution in [0.25, 0.3) is 0 Å². The molecule has 1 N–H and O–H groups in total. The summed E-state index contributed by atoms with van der Waals surface area (Å²) in [6.45, 7) is 0. The van der Waals surface area contributed by atoms with Crippen LogP contribution in [0, 0.1) is 23.0 Å². The highest BCUT2D eigenvalue weighted by Crippen LogP contribution is 2.19. The van der Waals surface area contributed by atoms with Crippen molar-refractivity contribution >= 4 is 0 Å². The summed E-state index contributed by atoms with van der Waals surface area (Å²) in [6.07, 6.45) is -1.40. The van der Waals surface area contributed by atoms with Crippen LogP contribution in [0.2, 0.25) is 0 Å². The van der Waals surface area contributed by atoms with Crippen LogP contribution in [0.4, 0.5) is 8.78 Å². The van der Waals surface area contributed by atoms with E-state index in [0.717, 1.165) is 12.1 Å². The summed E-state index contributed by atoms with van der Waals surface area (Å²) in [7, 11) is 0. The van der Waals surface area contributed by atoms with Gasteiger partial charge < -0.3 is 5.11 Å². The van der Waals surface area contributed by atoms with Crippen molar-refractivity contribution < 1.29 is 13.9 Å². The molecule has 0 saturated heterocycles. The van der Waals surface area contributed by atoms with E-state index in [0.29, 0.717) is 6.07 Å². The zero-order valence-corrected chi connectivity index (χ0v) is 6.67. The summed E-state index contributed by atoms with van der Waals surface area (Å²) >= 11 is 0. The molecule has 2 nitrogen and oxygen atoms in total. The lowest BCUT2D eigenvalue weighted by molar-refractivity contribution is 0.178. The number of benzene rings is 1. The number of hydrogen-bond acceptors (Lipinski definition) is 2. The van der Waals surface area contributed by atoms with Crippen molar-refractivity contribution in [2.45, 2.75) is 12.5 Å². The molecule has 1 aromatic carbocycles. The fraction of sp³-hybridized carbons (Fsp3) is 0.222. The molecule has 0 aliphatic rings. The highest BCUT2D eigenvalue weighted by Gasteiger charge is 2.12. The van der Waals surface area contributed by atoms with Crippen LogP contribution in [0.3, 0.4) is 0 Å². The molecular weight excluding hydrogens is 176 g/mol. The first-order valence-corrected chi connectivity index (χ1v) is 3.65. The van der Waals surface area contributed by atoms with Crippen molar-refractivity contribution in [1.29, 1.82) is 5.26 Å². The maximum atomic E-state index is 12.9. The van der Waals surface area contributed by atoms with Gasteiger partial charge in [-0.25, -0.2) is 8.78 Å². The maximum absolute atomic E-state index is 12.9.